The van der Waals surface area contributed by atoms with E-state index < -0.39 is 11.1 Å². The Labute approximate surface area is 99.1 Å². The van der Waals surface area contributed by atoms with Gasteiger partial charge in [-0.2, -0.15) is 0 Å². The lowest BCUT2D eigenvalue weighted by molar-refractivity contribution is -0.416. The highest BCUT2D eigenvalue weighted by molar-refractivity contribution is 5.95. The Hall–Kier alpha value is -1.66. The molecule has 1 aliphatic rings. The second-order valence-corrected chi connectivity index (χ2v) is 3.87. The monoisotopic (exact) mass is 244 g/mol. The van der Waals surface area contributed by atoms with Crippen LogP contribution in [0.2, 0.25) is 0 Å². The van der Waals surface area contributed by atoms with Crippen molar-refractivity contribution in [2.75, 3.05) is 20.1 Å². The highest BCUT2D eigenvalue weighted by atomic mass is 19.1. The lowest BCUT2D eigenvalue weighted by Gasteiger charge is -2.21. The van der Waals surface area contributed by atoms with E-state index in [1.807, 2.05) is 0 Å². The predicted octanol–water partition coefficient (Wildman–Crippen LogP) is 0.915. The van der Waals surface area contributed by atoms with Crippen molar-refractivity contribution < 1.29 is 9.31 Å². The van der Waals surface area contributed by atoms with Gasteiger partial charge in [0.2, 0.25) is 5.84 Å². The van der Waals surface area contributed by atoms with Gasteiger partial charge in [0.05, 0.1) is 11.1 Å². The maximum Gasteiger partial charge on any atom is 0.326 e. The minimum atomic E-state index is -0.834. The van der Waals surface area contributed by atoms with E-state index in [9.17, 15) is 14.5 Å². The normalized spacial score (nSPS) is 23.4. The Morgan fingerprint density at radius 2 is 2.29 bits per heavy atom. The van der Waals surface area contributed by atoms with Gasteiger partial charge in [0, 0.05) is 20.1 Å². The molecule has 0 bridgehead atoms. The van der Waals surface area contributed by atoms with Gasteiger partial charge >= 0.3 is 5.70 Å². The molecule has 0 aliphatic carbocycles. The summed E-state index contributed by atoms with van der Waals surface area (Å²) < 4.78 is 13.2. The van der Waals surface area contributed by atoms with Crippen molar-refractivity contribution in [2.45, 2.75) is 25.4 Å². The highest BCUT2D eigenvalue weighted by Crippen LogP contribution is 2.16. The topological polar surface area (TPSA) is 84.8 Å². The molecule has 1 saturated heterocycles. The molecule has 0 radical (unpaired) electrons. The number of alkyl halides is 1. The van der Waals surface area contributed by atoms with E-state index in [1.54, 1.807) is 4.90 Å². The molecule has 1 fully saturated rings. The quantitative estimate of drug-likeness (QED) is 0.339. The molecule has 0 unspecified atom stereocenters. The van der Waals surface area contributed by atoms with Gasteiger partial charge in [0.1, 0.15) is 6.17 Å². The maximum atomic E-state index is 13.2. The van der Waals surface area contributed by atoms with Crippen LogP contribution in [0.25, 0.3) is 0 Å². The largest absolute Gasteiger partial charge is 0.399 e. The van der Waals surface area contributed by atoms with E-state index in [0.717, 1.165) is 6.20 Å². The van der Waals surface area contributed by atoms with Crippen LogP contribution in [0.4, 0.5) is 4.39 Å². The molecule has 1 rings (SSSR count). The lowest BCUT2D eigenvalue weighted by atomic mass is 10.2. The molecular formula is C10H17FN4O2. The average Bonchev–Trinajstić information content (AvgIpc) is 2.50. The number of hydrogen-bond acceptors (Lipinski definition) is 4. The fraction of sp³-hybridized carbons (Fsp3) is 0.700. The van der Waals surface area contributed by atoms with Gasteiger partial charge < -0.3 is 10.6 Å². The summed E-state index contributed by atoms with van der Waals surface area (Å²) in [6.45, 7) is 0.997. The fourth-order valence-electron chi connectivity index (χ4n) is 1.90. The van der Waals surface area contributed by atoms with Gasteiger partial charge in [-0.3, -0.25) is 15.1 Å². The second-order valence-electron chi connectivity index (χ2n) is 3.87. The van der Waals surface area contributed by atoms with E-state index in [0.29, 0.717) is 32.4 Å². The van der Waals surface area contributed by atoms with Crippen LogP contribution < -0.4 is 5.73 Å². The first kappa shape index (κ1) is 13.4. The zero-order valence-corrected chi connectivity index (χ0v) is 9.80. The molecule has 2 N–H and O–H groups in total. The van der Waals surface area contributed by atoms with Crippen molar-refractivity contribution in [1.82, 2.24) is 4.90 Å². The standard InChI is InChI=1S/C10H17FN4O2/c1-13-10(9(7-12)15(16)17)14-5-2-3-8(11)4-6-14/h7-8H,2-6,12H2,1H3/b9-7+,13-10?/t8-/m0/s1. The van der Waals surface area contributed by atoms with Gasteiger partial charge in [0.15, 0.2) is 0 Å². The van der Waals surface area contributed by atoms with Gasteiger partial charge in [-0.05, 0) is 19.3 Å². The van der Waals surface area contributed by atoms with Crippen molar-refractivity contribution in [2.24, 2.45) is 10.7 Å². The van der Waals surface area contributed by atoms with E-state index in [4.69, 9.17) is 5.73 Å². The zero-order chi connectivity index (χ0) is 12.8. The molecule has 0 amide bonds. The number of aliphatic imine (C=N–C) groups is 1. The number of hydrogen-bond donors (Lipinski definition) is 1. The highest BCUT2D eigenvalue weighted by Gasteiger charge is 2.26. The second kappa shape index (κ2) is 6.17. The Balaban J connectivity index is 2.84. The molecular weight excluding hydrogens is 227 g/mol. The molecule has 0 aromatic carbocycles. The Morgan fingerprint density at radius 3 is 2.82 bits per heavy atom. The molecule has 17 heavy (non-hydrogen) atoms. The average molecular weight is 244 g/mol. The van der Waals surface area contributed by atoms with Crippen molar-refractivity contribution >= 4 is 5.84 Å². The molecule has 1 aliphatic heterocycles. The summed E-state index contributed by atoms with van der Waals surface area (Å²) in [5.41, 5.74) is 5.01. The summed E-state index contributed by atoms with van der Waals surface area (Å²) in [6.07, 6.45) is 1.62. The van der Waals surface area contributed by atoms with Gasteiger partial charge in [-0.1, -0.05) is 0 Å². The first-order valence-corrected chi connectivity index (χ1v) is 5.52. The fourth-order valence-corrected chi connectivity index (χ4v) is 1.90. The third-order valence-corrected chi connectivity index (χ3v) is 2.75. The minimum absolute atomic E-state index is 0.228. The SMILES string of the molecule is CN=C(/C(=C\N)[N+](=O)[O-])N1CCC[C@H](F)CC1. The van der Waals surface area contributed by atoms with Crippen LogP contribution in [0, 0.1) is 10.1 Å². The van der Waals surface area contributed by atoms with Crippen LogP contribution in [0.3, 0.4) is 0 Å². The number of nitrogens with two attached hydrogens (primary N) is 1. The molecule has 0 aromatic rings. The van der Waals surface area contributed by atoms with Gasteiger partial charge in [-0.15, -0.1) is 0 Å². The molecule has 96 valence electrons. The van der Waals surface area contributed by atoms with Crippen LogP contribution in [0.15, 0.2) is 16.9 Å². The predicted molar refractivity (Wildman–Crippen MR) is 62.9 cm³/mol. The first-order valence-electron chi connectivity index (χ1n) is 5.52. The molecule has 1 heterocycles. The minimum Gasteiger partial charge on any atom is -0.399 e. The van der Waals surface area contributed by atoms with Crippen molar-refractivity contribution in [1.29, 1.82) is 0 Å². The number of nitrogens with zero attached hydrogens (tertiary/aromatic N) is 3. The molecule has 1 atom stereocenters. The molecule has 6 nitrogen and oxygen atoms in total. The van der Waals surface area contributed by atoms with Crippen LogP contribution in [-0.2, 0) is 0 Å². The van der Waals surface area contributed by atoms with Crippen LogP contribution in [-0.4, -0.2) is 42.0 Å². The van der Waals surface area contributed by atoms with Crippen molar-refractivity contribution in [3.8, 4) is 0 Å². The molecule has 0 saturated carbocycles. The summed E-state index contributed by atoms with van der Waals surface area (Å²) in [5.74, 6) is 0.228. The summed E-state index contributed by atoms with van der Waals surface area (Å²) >= 11 is 0. The first-order chi connectivity index (χ1) is 8.10. The number of halogens is 1. The Bertz CT molecular complexity index is 343. The summed E-state index contributed by atoms with van der Waals surface area (Å²) in [7, 11) is 1.47. The van der Waals surface area contributed by atoms with E-state index >= 15 is 0 Å². The Morgan fingerprint density at radius 1 is 1.59 bits per heavy atom. The van der Waals surface area contributed by atoms with Crippen molar-refractivity contribution in [3.63, 3.8) is 0 Å². The van der Waals surface area contributed by atoms with Crippen LogP contribution in [0.5, 0.6) is 0 Å². The smallest absolute Gasteiger partial charge is 0.326 e. The van der Waals surface area contributed by atoms with Gasteiger partial charge in [-0.25, -0.2) is 4.39 Å². The Kier molecular flexibility index (Phi) is 4.86. The summed E-state index contributed by atoms with van der Waals surface area (Å²) in [4.78, 5) is 15.9. The number of nitro groups is 1. The van der Waals surface area contributed by atoms with Gasteiger partial charge in [0.25, 0.3) is 0 Å². The third kappa shape index (κ3) is 3.40. The number of amidine groups is 1. The maximum absolute atomic E-state index is 13.2. The zero-order valence-electron chi connectivity index (χ0n) is 9.80. The van der Waals surface area contributed by atoms with E-state index in [1.165, 1.54) is 7.05 Å². The lowest BCUT2D eigenvalue weighted by Crippen LogP contribution is -2.35. The summed E-state index contributed by atoms with van der Waals surface area (Å²) in [5, 5.41) is 10.8. The third-order valence-electron chi connectivity index (χ3n) is 2.75. The van der Waals surface area contributed by atoms with Crippen LogP contribution in [0.1, 0.15) is 19.3 Å². The van der Waals surface area contributed by atoms with E-state index in [2.05, 4.69) is 4.99 Å². The van der Waals surface area contributed by atoms with Crippen molar-refractivity contribution in [3.05, 3.63) is 22.0 Å². The summed E-state index contributed by atoms with van der Waals surface area (Å²) in [6, 6.07) is 0. The van der Waals surface area contributed by atoms with E-state index in [-0.39, 0.29) is 11.5 Å². The molecule has 0 aromatic heterocycles. The molecule has 0 spiro atoms. The van der Waals surface area contributed by atoms with Crippen LogP contribution >= 0.6 is 0 Å². The number of likely N-dealkylation sites (tertiary alicyclic amines) is 1. The molecule has 7 heteroatoms. The number of rotatable bonds is 2.